The van der Waals surface area contributed by atoms with E-state index in [-0.39, 0.29) is 43.5 Å². The van der Waals surface area contributed by atoms with Crippen LogP contribution in [0.15, 0.2) is 23.2 Å². The number of amides is 1. The summed E-state index contributed by atoms with van der Waals surface area (Å²) in [5.41, 5.74) is 1.55. The minimum atomic E-state index is -4.91. The second-order valence-electron chi connectivity index (χ2n) is 7.48. The molecule has 0 atom stereocenters. The molecule has 2 aliphatic heterocycles. The molecular formula is C19H19F3N4O4. The van der Waals surface area contributed by atoms with Crippen LogP contribution in [0, 0.1) is 10.1 Å². The van der Waals surface area contributed by atoms with Crippen molar-refractivity contribution >= 4 is 28.2 Å². The first kappa shape index (κ1) is 20.2. The second kappa shape index (κ2) is 7.29. The van der Waals surface area contributed by atoms with Gasteiger partial charge in [-0.15, -0.1) is 0 Å². The molecule has 4 rings (SSSR count). The van der Waals surface area contributed by atoms with Crippen molar-refractivity contribution < 1.29 is 28.0 Å². The zero-order chi connectivity index (χ0) is 21.6. The van der Waals surface area contributed by atoms with Crippen molar-refractivity contribution in [2.45, 2.75) is 37.9 Å². The van der Waals surface area contributed by atoms with Gasteiger partial charge in [0, 0.05) is 48.9 Å². The number of hydrogen-bond donors (Lipinski definition) is 1. The smallest absolute Gasteiger partial charge is 0.471 e. The number of halogens is 3. The van der Waals surface area contributed by atoms with Crippen molar-refractivity contribution in [2.75, 3.05) is 19.6 Å². The van der Waals surface area contributed by atoms with Gasteiger partial charge in [0.05, 0.1) is 16.0 Å². The number of nitro groups is 1. The highest BCUT2D eigenvalue weighted by Gasteiger charge is 2.43. The molecule has 0 unspecified atom stereocenters. The fraction of sp³-hybridized carbons (Fsp3) is 0.474. The molecule has 8 nitrogen and oxygen atoms in total. The number of nitrogens with zero attached hydrogens (tertiary/aromatic N) is 4. The van der Waals surface area contributed by atoms with Gasteiger partial charge in [0.15, 0.2) is 0 Å². The molecule has 0 aliphatic carbocycles. The monoisotopic (exact) mass is 424 g/mol. The Hall–Kier alpha value is -3.11. The van der Waals surface area contributed by atoms with Crippen LogP contribution >= 0.6 is 0 Å². The van der Waals surface area contributed by atoms with Crippen LogP contribution in [0.5, 0.6) is 5.88 Å². The van der Waals surface area contributed by atoms with Crippen molar-refractivity contribution in [3.8, 4) is 5.88 Å². The molecule has 3 heterocycles. The maximum Gasteiger partial charge on any atom is 0.471 e. The molecule has 2 aliphatic rings. The molecule has 1 aromatic heterocycles. The lowest BCUT2D eigenvalue weighted by atomic mass is 10.0. The van der Waals surface area contributed by atoms with Gasteiger partial charge in [-0.05, 0) is 31.7 Å². The predicted molar refractivity (Wildman–Crippen MR) is 102 cm³/mol. The van der Waals surface area contributed by atoms with Crippen molar-refractivity contribution in [2.24, 2.45) is 4.99 Å². The molecule has 0 bridgehead atoms. The minimum Gasteiger partial charge on any atom is -0.494 e. The van der Waals surface area contributed by atoms with E-state index in [2.05, 4.69) is 4.99 Å². The summed E-state index contributed by atoms with van der Waals surface area (Å²) >= 11 is 0. The van der Waals surface area contributed by atoms with E-state index in [4.69, 9.17) is 0 Å². The van der Waals surface area contributed by atoms with E-state index in [1.807, 2.05) is 0 Å². The molecule has 0 radical (unpaired) electrons. The Labute approximate surface area is 168 Å². The van der Waals surface area contributed by atoms with Gasteiger partial charge in [-0.1, -0.05) is 0 Å². The number of aliphatic imine (C=N–C) groups is 1. The maximum atomic E-state index is 12.7. The number of rotatable bonds is 3. The van der Waals surface area contributed by atoms with Crippen LogP contribution in [-0.2, 0) is 4.79 Å². The Kier molecular flexibility index (Phi) is 4.91. The van der Waals surface area contributed by atoms with E-state index in [1.54, 1.807) is 10.6 Å². The SMILES string of the molecule is O=C(N1CCC(n2c(O)c(C3=NCCC3)c3cc([N+](=O)[O-])ccc32)CC1)C(F)(F)F. The van der Waals surface area contributed by atoms with Gasteiger partial charge < -0.3 is 14.6 Å². The number of likely N-dealkylation sites (tertiary alicyclic amines) is 1. The lowest BCUT2D eigenvalue weighted by Crippen LogP contribution is -2.45. The Balaban J connectivity index is 1.72. The first-order valence-corrected chi connectivity index (χ1v) is 9.59. The van der Waals surface area contributed by atoms with Gasteiger partial charge in [0.1, 0.15) is 0 Å². The summed E-state index contributed by atoms with van der Waals surface area (Å²) in [6, 6.07) is 3.92. The average Bonchev–Trinajstić information content (AvgIpc) is 3.31. The van der Waals surface area contributed by atoms with E-state index in [0.29, 0.717) is 35.1 Å². The van der Waals surface area contributed by atoms with Crippen molar-refractivity contribution in [3.05, 3.63) is 33.9 Å². The van der Waals surface area contributed by atoms with Gasteiger partial charge in [0.2, 0.25) is 5.88 Å². The van der Waals surface area contributed by atoms with Gasteiger partial charge >= 0.3 is 12.1 Å². The van der Waals surface area contributed by atoms with Gasteiger partial charge in [-0.3, -0.25) is 19.9 Å². The fourth-order valence-corrected chi connectivity index (χ4v) is 4.31. The zero-order valence-electron chi connectivity index (χ0n) is 15.9. The number of aromatic nitrogens is 1. The summed E-state index contributed by atoms with van der Waals surface area (Å²) in [4.78, 5) is 27.4. The van der Waals surface area contributed by atoms with E-state index < -0.39 is 17.0 Å². The Morgan fingerprint density at radius 2 is 1.97 bits per heavy atom. The average molecular weight is 424 g/mol. The number of nitro benzene ring substituents is 1. The summed E-state index contributed by atoms with van der Waals surface area (Å²) < 4.78 is 39.7. The molecule has 1 saturated heterocycles. The van der Waals surface area contributed by atoms with Crippen molar-refractivity contribution in [3.63, 3.8) is 0 Å². The molecule has 160 valence electrons. The third-order valence-electron chi connectivity index (χ3n) is 5.69. The fourth-order valence-electron chi connectivity index (χ4n) is 4.31. The van der Waals surface area contributed by atoms with Crippen molar-refractivity contribution in [1.29, 1.82) is 0 Å². The molecule has 1 N–H and O–H groups in total. The summed E-state index contributed by atoms with van der Waals surface area (Å²) in [5, 5.41) is 22.7. The highest BCUT2D eigenvalue weighted by atomic mass is 19.4. The topological polar surface area (TPSA) is 101 Å². The van der Waals surface area contributed by atoms with Crippen LogP contribution in [0.1, 0.15) is 37.3 Å². The third-order valence-corrected chi connectivity index (χ3v) is 5.69. The van der Waals surface area contributed by atoms with E-state index >= 15 is 0 Å². The largest absolute Gasteiger partial charge is 0.494 e. The highest BCUT2D eigenvalue weighted by molar-refractivity contribution is 6.14. The Morgan fingerprint density at radius 1 is 1.27 bits per heavy atom. The van der Waals surface area contributed by atoms with Crippen LogP contribution in [0.2, 0.25) is 0 Å². The Morgan fingerprint density at radius 3 is 2.53 bits per heavy atom. The molecule has 0 spiro atoms. The number of hydrogen-bond acceptors (Lipinski definition) is 5. The first-order valence-electron chi connectivity index (χ1n) is 9.59. The van der Waals surface area contributed by atoms with Gasteiger partial charge in [-0.25, -0.2) is 0 Å². The number of fused-ring (bicyclic) bond motifs is 1. The van der Waals surface area contributed by atoms with E-state index in [1.165, 1.54) is 12.1 Å². The number of non-ortho nitro benzene ring substituents is 1. The number of carbonyl (C=O) groups excluding carboxylic acids is 1. The lowest BCUT2D eigenvalue weighted by molar-refractivity contribution is -0.384. The molecule has 1 amide bonds. The second-order valence-corrected chi connectivity index (χ2v) is 7.48. The van der Waals surface area contributed by atoms with Crippen LogP contribution in [0.3, 0.4) is 0 Å². The summed E-state index contributed by atoms with van der Waals surface area (Å²) in [6.07, 6.45) is -3.02. The number of carbonyl (C=O) groups is 1. The summed E-state index contributed by atoms with van der Waals surface area (Å²) in [6.45, 7) is 0.422. The Bertz CT molecular complexity index is 1050. The quantitative estimate of drug-likeness (QED) is 0.601. The van der Waals surface area contributed by atoms with Crippen LogP contribution in [0.25, 0.3) is 10.9 Å². The molecule has 0 saturated carbocycles. The number of piperidine rings is 1. The number of aromatic hydroxyl groups is 1. The van der Waals surface area contributed by atoms with E-state index in [9.17, 15) is 33.2 Å². The lowest BCUT2D eigenvalue weighted by Gasteiger charge is -2.33. The third kappa shape index (κ3) is 3.37. The van der Waals surface area contributed by atoms with Crippen LogP contribution < -0.4 is 0 Å². The minimum absolute atomic E-state index is 0.0910. The number of benzene rings is 1. The normalized spacial score (nSPS) is 18.1. The highest BCUT2D eigenvalue weighted by Crippen LogP contribution is 2.40. The molecule has 1 aromatic carbocycles. The summed E-state index contributed by atoms with van der Waals surface area (Å²) in [5.74, 6) is -1.95. The predicted octanol–water partition coefficient (Wildman–Crippen LogP) is 3.56. The standard InChI is InChI=1S/C19H19F3N4O4/c20-19(21,22)18(28)24-8-5-11(6-9-24)25-15-4-3-12(26(29)30)10-13(15)16(17(25)27)14-2-1-7-23-14/h3-4,10-11,27H,1-2,5-9H2. The molecule has 1 fully saturated rings. The molecule has 2 aromatic rings. The molecule has 30 heavy (non-hydrogen) atoms. The maximum absolute atomic E-state index is 12.7. The van der Waals surface area contributed by atoms with E-state index in [0.717, 1.165) is 11.3 Å². The zero-order valence-corrected chi connectivity index (χ0v) is 15.9. The van der Waals surface area contributed by atoms with Crippen LogP contribution in [0.4, 0.5) is 18.9 Å². The number of alkyl halides is 3. The van der Waals surface area contributed by atoms with Gasteiger partial charge in [-0.2, -0.15) is 13.2 Å². The van der Waals surface area contributed by atoms with Crippen molar-refractivity contribution in [1.82, 2.24) is 9.47 Å². The first-order chi connectivity index (χ1) is 14.2. The van der Waals surface area contributed by atoms with Gasteiger partial charge in [0.25, 0.3) is 5.69 Å². The molecule has 11 heteroatoms. The molecular weight excluding hydrogens is 405 g/mol. The summed E-state index contributed by atoms with van der Waals surface area (Å²) in [7, 11) is 0. The van der Waals surface area contributed by atoms with Crippen LogP contribution in [-0.4, -0.2) is 56.9 Å².